The molecule has 1 fully saturated rings. The second-order valence-electron chi connectivity index (χ2n) is 11.3. The second kappa shape index (κ2) is 6.46. The van der Waals surface area contributed by atoms with Crippen molar-refractivity contribution in [3.05, 3.63) is 0 Å². The lowest BCUT2D eigenvalue weighted by molar-refractivity contribution is -0.0394. The van der Waals surface area contributed by atoms with Crippen molar-refractivity contribution >= 4 is 0 Å². The van der Waals surface area contributed by atoms with Gasteiger partial charge in [0.1, 0.15) is 0 Å². The molecule has 0 spiro atoms. The van der Waals surface area contributed by atoms with Gasteiger partial charge in [-0.1, -0.05) is 48.5 Å². The third-order valence-corrected chi connectivity index (χ3v) is 5.96. The zero-order chi connectivity index (χ0) is 17.4. The molecule has 22 heavy (non-hydrogen) atoms. The molecule has 0 aromatic heterocycles. The van der Waals surface area contributed by atoms with Crippen molar-refractivity contribution in [3.8, 4) is 0 Å². The molecule has 0 amide bonds. The molecule has 1 heteroatoms. The van der Waals surface area contributed by atoms with Crippen molar-refractivity contribution in [1.82, 2.24) is 4.90 Å². The van der Waals surface area contributed by atoms with Gasteiger partial charge >= 0.3 is 0 Å². The Morgan fingerprint density at radius 2 is 1.32 bits per heavy atom. The number of rotatable bonds is 3. The summed E-state index contributed by atoms with van der Waals surface area (Å²) in [5, 5.41) is 0. The van der Waals surface area contributed by atoms with Gasteiger partial charge in [-0.15, -0.1) is 0 Å². The summed E-state index contributed by atoms with van der Waals surface area (Å²) in [6.45, 7) is 26.7. The average molecular weight is 310 g/mol. The second-order valence-corrected chi connectivity index (χ2v) is 11.3. The lowest BCUT2D eigenvalue weighted by Crippen LogP contribution is -2.52. The van der Waals surface area contributed by atoms with Gasteiger partial charge in [0.2, 0.25) is 0 Å². The zero-order valence-corrected chi connectivity index (χ0v) is 17.3. The van der Waals surface area contributed by atoms with E-state index in [2.05, 4.69) is 74.1 Å². The molecule has 0 aromatic rings. The normalized spacial score (nSPS) is 22.6. The van der Waals surface area contributed by atoms with E-state index in [1.54, 1.807) is 0 Å². The van der Waals surface area contributed by atoms with Gasteiger partial charge in [-0.05, 0) is 81.7 Å². The predicted octanol–water partition coefficient (Wildman–Crippen LogP) is 6.38. The molecule has 132 valence electrons. The molecule has 1 heterocycles. The summed E-state index contributed by atoms with van der Waals surface area (Å²) in [7, 11) is 0. The monoisotopic (exact) mass is 309 g/mol. The van der Waals surface area contributed by atoms with Gasteiger partial charge in [0.05, 0.1) is 0 Å². The fraction of sp³-hybridized carbons (Fsp3) is 1.00. The third kappa shape index (κ3) is 5.25. The fourth-order valence-electron chi connectivity index (χ4n) is 4.65. The quantitative estimate of drug-likeness (QED) is 0.585. The smallest absolute Gasteiger partial charge is 0.0125 e. The molecule has 0 N–H and O–H groups in total. The maximum absolute atomic E-state index is 2.69. The number of hydrogen-bond acceptors (Lipinski definition) is 1. The topological polar surface area (TPSA) is 3.24 Å². The van der Waals surface area contributed by atoms with E-state index in [4.69, 9.17) is 0 Å². The van der Waals surface area contributed by atoms with E-state index < -0.39 is 0 Å². The van der Waals surface area contributed by atoms with Crippen LogP contribution in [0.5, 0.6) is 0 Å². The highest BCUT2D eigenvalue weighted by Crippen LogP contribution is 2.52. The minimum absolute atomic E-state index is 0.321. The molecular weight excluding hydrogens is 266 g/mol. The van der Waals surface area contributed by atoms with Gasteiger partial charge < -0.3 is 0 Å². The minimum atomic E-state index is 0.321. The maximum atomic E-state index is 2.69. The molecule has 1 rings (SSSR count). The molecule has 0 aliphatic carbocycles. The van der Waals surface area contributed by atoms with Crippen LogP contribution in [0.4, 0.5) is 0 Å². The number of nitrogens with zero attached hydrogens (tertiary/aromatic N) is 1. The summed E-state index contributed by atoms with van der Waals surface area (Å²) >= 11 is 0. The van der Waals surface area contributed by atoms with Gasteiger partial charge in [0.25, 0.3) is 0 Å². The van der Waals surface area contributed by atoms with E-state index in [9.17, 15) is 0 Å². The van der Waals surface area contributed by atoms with Crippen LogP contribution in [0.25, 0.3) is 0 Å². The van der Waals surface area contributed by atoms with Crippen LogP contribution in [0.2, 0.25) is 0 Å². The Bertz CT molecular complexity index is 340. The van der Waals surface area contributed by atoms with Gasteiger partial charge in [-0.3, -0.25) is 4.90 Å². The largest absolute Gasteiger partial charge is 0.298 e. The van der Waals surface area contributed by atoms with Crippen molar-refractivity contribution in [2.75, 3.05) is 13.1 Å². The van der Waals surface area contributed by atoms with Gasteiger partial charge in [0, 0.05) is 5.54 Å². The number of likely N-dealkylation sites (tertiary alicyclic amines) is 1. The Labute approximate surface area is 141 Å². The van der Waals surface area contributed by atoms with E-state index in [1.807, 2.05) is 0 Å². The SMILES string of the molecule is CC(CC(C)(C)C)CC1(C(C)(C)C)CCN(C(C)(C)C)CC1. The van der Waals surface area contributed by atoms with Crippen LogP contribution < -0.4 is 0 Å². The van der Waals surface area contributed by atoms with Crippen LogP contribution in [0.1, 0.15) is 94.9 Å². The van der Waals surface area contributed by atoms with Crippen molar-refractivity contribution in [1.29, 1.82) is 0 Å². The van der Waals surface area contributed by atoms with Gasteiger partial charge in [0.15, 0.2) is 0 Å². The summed E-state index contributed by atoms with van der Waals surface area (Å²) in [6.07, 6.45) is 5.46. The predicted molar refractivity (Wildman–Crippen MR) is 100 cm³/mol. The van der Waals surface area contributed by atoms with Crippen LogP contribution in [-0.2, 0) is 0 Å². The summed E-state index contributed by atoms with van der Waals surface area (Å²) in [6, 6.07) is 0. The first kappa shape index (κ1) is 20.0. The summed E-state index contributed by atoms with van der Waals surface area (Å²) in [5.74, 6) is 0.820. The molecule has 1 nitrogen and oxygen atoms in total. The number of piperidine rings is 1. The summed E-state index contributed by atoms with van der Waals surface area (Å²) in [5.41, 5.74) is 1.69. The molecule has 1 unspecified atom stereocenters. The van der Waals surface area contributed by atoms with Gasteiger partial charge in [-0.25, -0.2) is 0 Å². The highest BCUT2D eigenvalue weighted by Gasteiger charge is 2.45. The minimum Gasteiger partial charge on any atom is -0.298 e. The van der Waals surface area contributed by atoms with Crippen molar-refractivity contribution in [2.45, 2.75) is 100 Å². The Balaban J connectivity index is 2.83. The van der Waals surface area contributed by atoms with E-state index in [0.717, 1.165) is 5.92 Å². The van der Waals surface area contributed by atoms with Crippen LogP contribution in [0.15, 0.2) is 0 Å². The van der Waals surface area contributed by atoms with Gasteiger partial charge in [-0.2, -0.15) is 0 Å². The van der Waals surface area contributed by atoms with Crippen LogP contribution in [0, 0.1) is 22.2 Å². The first-order chi connectivity index (χ1) is 9.66. The lowest BCUT2D eigenvalue weighted by Gasteiger charge is -2.54. The molecule has 1 aliphatic heterocycles. The standard InChI is InChI=1S/C21H43N/c1-17(15-18(2,3)4)16-21(19(5,6)7)11-13-22(14-12-21)20(8,9)10/h17H,11-16H2,1-10H3. The van der Waals surface area contributed by atoms with Crippen molar-refractivity contribution in [3.63, 3.8) is 0 Å². The fourth-order valence-corrected chi connectivity index (χ4v) is 4.65. The van der Waals surface area contributed by atoms with E-state index >= 15 is 0 Å². The van der Waals surface area contributed by atoms with E-state index in [1.165, 1.54) is 38.8 Å². The Hall–Kier alpha value is -0.0400. The van der Waals surface area contributed by atoms with Crippen LogP contribution in [0.3, 0.4) is 0 Å². The third-order valence-electron chi connectivity index (χ3n) is 5.96. The molecule has 1 aliphatic rings. The average Bonchev–Trinajstić information content (AvgIpc) is 2.23. The Morgan fingerprint density at radius 3 is 1.64 bits per heavy atom. The lowest BCUT2D eigenvalue weighted by atomic mass is 9.57. The molecule has 1 saturated heterocycles. The van der Waals surface area contributed by atoms with Crippen molar-refractivity contribution in [2.24, 2.45) is 22.2 Å². The Kier molecular flexibility index (Phi) is 5.87. The first-order valence-electron chi connectivity index (χ1n) is 9.41. The molecule has 0 saturated carbocycles. The molecule has 1 atom stereocenters. The summed E-state index contributed by atoms with van der Waals surface area (Å²) in [4.78, 5) is 2.69. The Morgan fingerprint density at radius 1 is 0.864 bits per heavy atom. The van der Waals surface area contributed by atoms with Crippen molar-refractivity contribution < 1.29 is 0 Å². The molecular formula is C21H43N. The molecule has 0 bridgehead atoms. The zero-order valence-electron chi connectivity index (χ0n) is 17.3. The van der Waals surface area contributed by atoms with Crippen LogP contribution >= 0.6 is 0 Å². The van der Waals surface area contributed by atoms with E-state index in [0.29, 0.717) is 21.8 Å². The maximum Gasteiger partial charge on any atom is 0.0125 e. The highest BCUT2D eigenvalue weighted by atomic mass is 15.2. The highest BCUT2D eigenvalue weighted by molar-refractivity contribution is 4.97. The first-order valence-corrected chi connectivity index (χ1v) is 9.41. The number of hydrogen-bond donors (Lipinski definition) is 0. The van der Waals surface area contributed by atoms with E-state index in [-0.39, 0.29) is 0 Å². The molecule has 0 aromatic carbocycles. The van der Waals surface area contributed by atoms with Crippen LogP contribution in [-0.4, -0.2) is 23.5 Å². The molecule has 0 radical (unpaired) electrons. The summed E-state index contributed by atoms with van der Waals surface area (Å²) < 4.78 is 0.